The Labute approximate surface area is 111 Å². The Balaban J connectivity index is 2.14. The third-order valence-electron chi connectivity index (χ3n) is 3.44. The number of hydrogen-bond acceptors (Lipinski definition) is 2. The van der Waals surface area contributed by atoms with Crippen molar-refractivity contribution in [1.29, 1.82) is 0 Å². The Morgan fingerprint density at radius 2 is 2.16 bits per heavy atom. The van der Waals surface area contributed by atoms with E-state index in [-0.39, 0.29) is 11.3 Å². The van der Waals surface area contributed by atoms with E-state index in [9.17, 15) is 4.79 Å². The predicted molar refractivity (Wildman–Crippen MR) is 76.8 cm³/mol. The fourth-order valence-electron chi connectivity index (χ4n) is 2.39. The molecule has 96 valence electrons. The number of aromatic amines is 1. The van der Waals surface area contributed by atoms with Crippen molar-refractivity contribution >= 4 is 10.9 Å². The van der Waals surface area contributed by atoms with Crippen LogP contribution in [-0.2, 0) is 0 Å². The lowest BCUT2D eigenvalue weighted by Crippen LogP contribution is -2.08. The second-order valence-corrected chi connectivity index (χ2v) is 4.66. The van der Waals surface area contributed by atoms with E-state index >= 15 is 0 Å². The van der Waals surface area contributed by atoms with Crippen LogP contribution in [0.4, 0.5) is 0 Å². The molecular formula is C16H15NO2. The number of methoxy groups -OCH3 is 1. The van der Waals surface area contributed by atoms with E-state index in [1.807, 2.05) is 18.2 Å². The van der Waals surface area contributed by atoms with E-state index in [0.717, 1.165) is 23.4 Å². The van der Waals surface area contributed by atoms with Crippen molar-refractivity contribution in [3.05, 3.63) is 64.5 Å². The molecule has 1 atom stereocenters. The highest BCUT2D eigenvalue weighted by Gasteiger charge is 2.11. The zero-order valence-corrected chi connectivity index (χ0v) is 10.7. The second-order valence-electron chi connectivity index (χ2n) is 4.66. The number of benzene rings is 1. The van der Waals surface area contributed by atoms with Crippen molar-refractivity contribution in [2.75, 3.05) is 7.11 Å². The molecule has 3 heteroatoms. The molecule has 0 fully saturated rings. The van der Waals surface area contributed by atoms with Crippen LogP contribution in [0.25, 0.3) is 10.9 Å². The van der Waals surface area contributed by atoms with Crippen molar-refractivity contribution in [3.63, 3.8) is 0 Å². The lowest BCUT2D eigenvalue weighted by atomic mass is 9.96. The molecule has 1 unspecified atom stereocenters. The van der Waals surface area contributed by atoms with Gasteiger partial charge in [-0.15, -0.1) is 0 Å². The van der Waals surface area contributed by atoms with Crippen LogP contribution in [0, 0.1) is 0 Å². The predicted octanol–water partition coefficient (Wildman–Crippen LogP) is 3.14. The van der Waals surface area contributed by atoms with Crippen LogP contribution in [-0.4, -0.2) is 12.1 Å². The first-order valence-electron chi connectivity index (χ1n) is 6.32. The summed E-state index contributed by atoms with van der Waals surface area (Å²) < 4.78 is 5.20. The molecule has 0 spiro atoms. The fraction of sp³-hybridized carbons (Fsp3) is 0.188. The molecule has 0 saturated heterocycles. The van der Waals surface area contributed by atoms with Gasteiger partial charge in [-0.3, -0.25) is 4.79 Å². The van der Waals surface area contributed by atoms with E-state index in [0.29, 0.717) is 5.39 Å². The van der Waals surface area contributed by atoms with Gasteiger partial charge in [0.15, 0.2) is 5.43 Å². The van der Waals surface area contributed by atoms with E-state index < -0.39 is 0 Å². The zero-order chi connectivity index (χ0) is 13.2. The standard InChI is InChI=1S/C16H15NO2/c1-19-12-7-8-13-15(9-12)17-14(10-16(13)18)11-5-3-2-4-6-11/h2-5,7-11H,6H2,1H3,(H,17,18). The van der Waals surface area contributed by atoms with Gasteiger partial charge in [-0.2, -0.15) is 0 Å². The molecule has 3 rings (SSSR count). The van der Waals surface area contributed by atoms with Gasteiger partial charge in [-0.05, 0) is 18.6 Å². The number of nitrogens with one attached hydrogen (secondary N) is 1. The minimum Gasteiger partial charge on any atom is -0.497 e. The molecule has 0 aliphatic heterocycles. The Bertz CT molecular complexity index is 725. The van der Waals surface area contributed by atoms with E-state index in [2.05, 4.69) is 17.1 Å². The maximum atomic E-state index is 12.1. The number of H-pyrrole nitrogens is 1. The summed E-state index contributed by atoms with van der Waals surface area (Å²) in [4.78, 5) is 15.5. The average Bonchev–Trinajstić information content (AvgIpc) is 2.47. The Morgan fingerprint density at radius 1 is 1.26 bits per heavy atom. The normalized spacial score (nSPS) is 17.8. The van der Waals surface area contributed by atoms with Gasteiger partial charge in [0.05, 0.1) is 12.6 Å². The van der Waals surface area contributed by atoms with Crippen LogP contribution >= 0.6 is 0 Å². The van der Waals surface area contributed by atoms with Gasteiger partial charge >= 0.3 is 0 Å². The Kier molecular flexibility index (Phi) is 2.95. The third-order valence-corrected chi connectivity index (χ3v) is 3.44. The number of allylic oxidation sites excluding steroid dienone is 4. The van der Waals surface area contributed by atoms with Gasteiger partial charge in [-0.25, -0.2) is 0 Å². The van der Waals surface area contributed by atoms with Crippen LogP contribution in [0.2, 0.25) is 0 Å². The van der Waals surface area contributed by atoms with Gasteiger partial charge in [0.2, 0.25) is 0 Å². The van der Waals surface area contributed by atoms with Gasteiger partial charge in [0.1, 0.15) is 5.75 Å². The number of pyridine rings is 1. The number of fused-ring (bicyclic) bond motifs is 1. The molecule has 1 aromatic heterocycles. The molecule has 0 bridgehead atoms. The minimum atomic E-state index is 0.0503. The Morgan fingerprint density at radius 3 is 2.89 bits per heavy atom. The number of rotatable bonds is 2. The highest BCUT2D eigenvalue weighted by Crippen LogP contribution is 2.24. The number of ether oxygens (including phenoxy) is 1. The highest BCUT2D eigenvalue weighted by atomic mass is 16.5. The van der Waals surface area contributed by atoms with Crippen LogP contribution in [0.1, 0.15) is 18.0 Å². The lowest BCUT2D eigenvalue weighted by molar-refractivity contribution is 0.415. The average molecular weight is 253 g/mol. The first-order valence-corrected chi connectivity index (χ1v) is 6.32. The van der Waals surface area contributed by atoms with Crippen molar-refractivity contribution < 1.29 is 4.74 Å². The molecule has 2 aromatic rings. The molecule has 3 nitrogen and oxygen atoms in total. The SMILES string of the molecule is COc1ccc2c(=O)cc(C3C=CC=CC3)[nH]c2c1. The summed E-state index contributed by atoms with van der Waals surface area (Å²) in [5, 5.41) is 0.694. The van der Waals surface area contributed by atoms with Crippen LogP contribution in [0.3, 0.4) is 0 Å². The first-order chi connectivity index (χ1) is 9.28. The third kappa shape index (κ3) is 2.19. The van der Waals surface area contributed by atoms with Gasteiger partial charge in [0, 0.05) is 29.1 Å². The molecular weight excluding hydrogens is 238 g/mol. The Hall–Kier alpha value is -2.29. The monoisotopic (exact) mass is 253 g/mol. The lowest BCUT2D eigenvalue weighted by Gasteiger charge is -2.14. The van der Waals surface area contributed by atoms with Crippen LogP contribution in [0.15, 0.2) is 53.4 Å². The van der Waals surface area contributed by atoms with Crippen LogP contribution in [0.5, 0.6) is 5.75 Å². The molecule has 1 aliphatic carbocycles. The van der Waals surface area contributed by atoms with Gasteiger partial charge in [0.25, 0.3) is 0 Å². The van der Waals surface area contributed by atoms with Crippen LogP contribution < -0.4 is 10.2 Å². The number of aromatic nitrogens is 1. The molecule has 0 amide bonds. The highest BCUT2D eigenvalue weighted by molar-refractivity contribution is 5.80. The molecule has 0 radical (unpaired) electrons. The molecule has 19 heavy (non-hydrogen) atoms. The largest absolute Gasteiger partial charge is 0.497 e. The van der Waals surface area contributed by atoms with E-state index in [1.165, 1.54) is 0 Å². The summed E-state index contributed by atoms with van der Waals surface area (Å²) in [5.41, 5.74) is 1.82. The maximum absolute atomic E-state index is 12.1. The fourth-order valence-corrected chi connectivity index (χ4v) is 2.39. The maximum Gasteiger partial charge on any atom is 0.189 e. The smallest absolute Gasteiger partial charge is 0.189 e. The van der Waals surface area contributed by atoms with Crippen molar-refractivity contribution in [2.24, 2.45) is 0 Å². The zero-order valence-electron chi connectivity index (χ0n) is 10.7. The topological polar surface area (TPSA) is 42.1 Å². The molecule has 1 aliphatic rings. The summed E-state index contributed by atoms with van der Waals surface area (Å²) in [6.45, 7) is 0. The number of hydrogen-bond donors (Lipinski definition) is 1. The summed E-state index contributed by atoms with van der Waals surface area (Å²) in [6.07, 6.45) is 9.18. The molecule has 1 aromatic carbocycles. The second kappa shape index (κ2) is 4.76. The van der Waals surface area contributed by atoms with Gasteiger partial charge < -0.3 is 9.72 Å². The van der Waals surface area contributed by atoms with E-state index in [4.69, 9.17) is 4.74 Å². The van der Waals surface area contributed by atoms with Gasteiger partial charge in [-0.1, -0.05) is 24.3 Å². The summed E-state index contributed by atoms with van der Waals surface area (Å²) >= 11 is 0. The molecule has 1 N–H and O–H groups in total. The summed E-state index contributed by atoms with van der Waals surface area (Å²) in [6, 6.07) is 7.17. The summed E-state index contributed by atoms with van der Waals surface area (Å²) in [5.74, 6) is 0.993. The molecule has 0 saturated carbocycles. The first kappa shape index (κ1) is 11.8. The van der Waals surface area contributed by atoms with E-state index in [1.54, 1.807) is 25.3 Å². The summed E-state index contributed by atoms with van der Waals surface area (Å²) in [7, 11) is 1.62. The minimum absolute atomic E-state index is 0.0503. The van der Waals surface area contributed by atoms with Crippen molar-refractivity contribution in [1.82, 2.24) is 4.98 Å². The van der Waals surface area contributed by atoms with Crippen molar-refractivity contribution in [2.45, 2.75) is 12.3 Å². The quantitative estimate of drug-likeness (QED) is 0.893. The molecule has 1 heterocycles. The van der Waals surface area contributed by atoms with Crippen molar-refractivity contribution in [3.8, 4) is 5.75 Å².